The Morgan fingerprint density at radius 3 is 2.89 bits per heavy atom. The number of aryl methyl sites for hydroxylation is 2. The van der Waals surface area contributed by atoms with Crippen molar-refractivity contribution in [1.82, 2.24) is 5.32 Å². The molecule has 1 fully saturated rings. The van der Waals surface area contributed by atoms with Gasteiger partial charge in [0.15, 0.2) is 0 Å². The lowest BCUT2D eigenvalue weighted by atomic mass is 9.95. The number of hydrogen-bond acceptors (Lipinski definition) is 2. The number of hydrogen-bond donors (Lipinski definition) is 1. The van der Waals surface area contributed by atoms with Crippen molar-refractivity contribution in [1.29, 1.82) is 0 Å². The minimum atomic E-state index is 0.467. The minimum Gasteiger partial charge on any atom is -0.378 e. The van der Waals surface area contributed by atoms with E-state index in [1.807, 2.05) is 0 Å². The average Bonchev–Trinajstić information content (AvgIpc) is 2.87. The first-order chi connectivity index (χ1) is 9.19. The van der Waals surface area contributed by atoms with Crippen LogP contribution >= 0.6 is 0 Å². The summed E-state index contributed by atoms with van der Waals surface area (Å²) in [6.45, 7) is 8.55. The van der Waals surface area contributed by atoms with Crippen LogP contribution in [-0.2, 0) is 11.2 Å². The van der Waals surface area contributed by atoms with Crippen LogP contribution in [0.1, 0.15) is 42.9 Å². The number of rotatable bonds is 6. The fourth-order valence-electron chi connectivity index (χ4n) is 2.96. The van der Waals surface area contributed by atoms with E-state index in [1.165, 1.54) is 29.5 Å². The maximum absolute atomic E-state index is 5.78. The monoisotopic (exact) mass is 261 g/mol. The van der Waals surface area contributed by atoms with Crippen LogP contribution in [0, 0.1) is 13.8 Å². The smallest absolute Gasteiger partial charge is 0.0590 e. The molecule has 2 unspecified atom stereocenters. The topological polar surface area (TPSA) is 21.3 Å². The van der Waals surface area contributed by atoms with Crippen molar-refractivity contribution in [2.24, 2.45) is 0 Å². The second kappa shape index (κ2) is 7.06. The van der Waals surface area contributed by atoms with Gasteiger partial charge in [-0.25, -0.2) is 0 Å². The van der Waals surface area contributed by atoms with E-state index in [-0.39, 0.29) is 0 Å². The highest BCUT2D eigenvalue weighted by atomic mass is 16.5. The van der Waals surface area contributed by atoms with Crippen molar-refractivity contribution >= 4 is 0 Å². The normalized spacial score (nSPS) is 20.7. The van der Waals surface area contributed by atoms with E-state index in [2.05, 4.69) is 44.3 Å². The molecule has 1 N–H and O–H groups in total. The van der Waals surface area contributed by atoms with Gasteiger partial charge in [-0.1, -0.05) is 30.7 Å². The van der Waals surface area contributed by atoms with Gasteiger partial charge in [-0.05, 0) is 57.2 Å². The van der Waals surface area contributed by atoms with Gasteiger partial charge in [0.25, 0.3) is 0 Å². The molecule has 1 heterocycles. The molecule has 19 heavy (non-hydrogen) atoms. The van der Waals surface area contributed by atoms with Gasteiger partial charge < -0.3 is 10.1 Å². The summed E-state index contributed by atoms with van der Waals surface area (Å²) in [5, 5.41) is 3.62. The van der Waals surface area contributed by atoms with E-state index in [1.54, 1.807) is 0 Å². The third-order valence-corrected chi connectivity index (χ3v) is 4.04. The second-order valence-electron chi connectivity index (χ2n) is 5.76. The summed E-state index contributed by atoms with van der Waals surface area (Å²) in [6, 6.07) is 7.30. The van der Waals surface area contributed by atoms with Crippen molar-refractivity contribution in [3.8, 4) is 0 Å². The Bertz CT molecular complexity index is 396. The summed E-state index contributed by atoms with van der Waals surface area (Å²) < 4.78 is 5.78. The highest BCUT2D eigenvalue weighted by Gasteiger charge is 2.20. The summed E-state index contributed by atoms with van der Waals surface area (Å²) in [5.74, 6) is 0. The van der Waals surface area contributed by atoms with Crippen LogP contribution in [-0.4, -0.2) is 25.3 Å². The standard InChI is InChI=1S/C17H27NO/c1-4-18-16(12-17-6-5-9-19-17)11-15-10-13(2)7-8-14(15)3/h7-8,10,16-18H,4-6,9,11-12H2,1-3H3. The van der Waals surface area contributed by atoms with Gasteiger partial charge in [0, 0.05) is 12.6 Å². The van der Waals surface area contributed by atoms with E-state index >= 15 is 0 Å². The van der Waals surface area contributed by atoms with Gasteiger partial charge in [0.1, 0.15) is 0 Å². The Labute approximate surface area is 117 Å². The SMILES string of the molecule is CCNC(Cc1cc(C)ccc1C)CC1CCCO1. The molecule has 1 aromatic rings. The molecule has 2 heteroatoms. The molecule has 0 aromatic heterocycles. The molecule has 1 aliphatic rings. The number of nitrogens with one attached hydrogen (secondary N) is 1. The Hall–Kier alpha value is -0.860. The fraction of sp³-hybridized carbons (Fsp3) is 0.647. The zero-order valence-corrected chi connectivity index (χ0v) is 12.5. The molecule has 106 valence electrons. The van der Waals surface area contributed by atoms with Gasteiger partial charge in [-0.15, -0.1) is 0 Å². The summed E-state index contributed by atoms with van der Waals surface area (Å²) in [7, 11) is 0. The first-order valence-corrected chi connectivity index (χ1v) is 7.60. The molecule has 0 amide bonds. The van der Waals surface area contributed by atoms with E-state index in [0.717, 1.165) is 26.0 Å². The van der Waals surface area contributed by atoms with Crippen molar-refractivity contribution in [3.05, 3.63) is 34.9 Å². The molecular weight excluding hydrogens is 234 g/mol. The number of ether oxygens (including phenoxy) is 1. The van der Waals surface area contributed by atoms with Gasteiger partial charge >= 0.3 is 0 Å². The molecule has 2 rings (SSSR count). The molecule has 0 aliphatic carbocycles. The zero-order valence-electron chi connectivity index (χ0n) is 12.5. The van der Waals surface area contributed by atoms with E-state index in [9.17, 15) is 0 Å². The average molecular weight is 261 g/mol. The molecule has 1 aromatic carbocycles. The summed E-state index contributed by atoms with van der Waals surface area (Å²) in [6.07, 6.45) is 5.18. The molecular formula is C17H27NO. The first kappa shape index (κ1) is 14.5. The Kier molecular flexibility index (Phi) is 5.41. The second-order valence-corrected chi connectivity index (χ2v) is 5.76. The minimum absolute atomic E-state index is 0.467. The predicted molar refractivity (Wildman–Crippen MR) is 80.7 cm³/mol. The van der Waals surface area contributed by atoms with Gasteiger partial charge in [-0.3, -0.25) is 0 Å². The Morgan fingerprint density at radius 1 is 1.37 bits per heavy atom. The van der Waals surface area contributed by atoms with Crippen LogP contribution in [0.3, 0.4) is 0 Å². The summed E-state index contributed by atoms with van der Waals surface area (Å²) in [4.78, 5) is 0. The molecule has 2 atom stereocenters. The molecule has 2 nitrogen and oxygen atoms in total. The molecule has 1 saturated heterocycles. The maximum atomic E-state index is 5.78. The third kappa shape index (κ3) is 4.32. The highest BCUT2D eigenvalue weighted by molar-refractivity contribution is 5.31. The van der Waals surface area contributed by atoms with Crippen LogP contribution in [0.15, 0.2) is 18.2 Å². The number of likely N-dealkylation sites (N-methyl/N-ethyl adjacent to an activating group) is 1. The largest absolute Gasteiger partial charge is 0.378 e. The quantitative estimate of drug-likeness (QED) is 0.847. The number of benzene rings is 1. The molecule has 0 spiro atoms. The predicted octanol–water partition coefficient (Wildman–Crippen LogP) is 3.39. The molecule has 0 radical (unpaired) electrons. The van der Waals surface area contributed by atoms with Crippen molar-refractivity contribution < 1.29 is 4.74 Å². The van der Waals surface area contributed by atoms with Gasteiger partial charge in [-0.2, -0.15) is 0 Å². The van der Waals surface area contributed by atoms with Crippen LogP contribution < -0.4 is 5.32 Å². The van der Waals surface area contributed by atoms with Crippen LogP contribution in [0.5, 0.6) is 0 Å². The maximum Gasteiger partial charge on any atom is 0.0590 e. The molecule has 0 saturated carbocycles. The lowest BCUT2D eigenvalue weighted by molar-refractivity contribution is 0.0947. The lowest BCUT2D eigenvalue weighted by Crippen LogP contribution is -2.34. The lowest BCUT2D eigenvalue weighted by Gasteiger charge is -2.22. The van der Waals surface area contributed by atoms with Gasteiger partial charge in [0.05, 0.1) is 6.10 Å². The van der Waals surface area contributed by atoms with E-state index in [4.69, 9.17) is 4.74 Å². The van der Waals surface area contributed by atoms with Crippen LogP contribution in [0.4, 0.5) is 0 Å². The van der Waals surface area contributed by atoms with Gasteiger partial charge in [0.2, 0.25) is 0 Å². The Balaban J connectivity index is 2.00. The van der Waals surface area contributed by atoms with Crippen LogP contribution in [0.25, 0.3) is 0 Å². The Morgan fingerprint density at radius 2 is 2.21 bits per heavy atom. The van der Waals surface area contributed by atoms with Crippen LogP contribution in [0.2, 0.25) is 0 Å². The first-order valence-electron chi connectivity index (χ1n) is 7.60. The highest BCUT2D eigenvalue weighted by Crippen LogP contribution is 2.20. The summed E-state index contributed by atoms with van der Waals surface area (Å²) in [5.41, 5.74) is 4.23. The molecule has 0 bridgehead atoms. The molecule has 1 aliphatic heterocycles. The third-order valence-electron chi connectivity index (χ3n) is 4.04. The van der Waals surface area contributed by atoms with E-state index < -0.39 is 0 Å². The zero-order chi connectivity index (χ0) is 13.7. The van der Waals surface area contributed by atoms with Crippen molar-refractivity contribution in [2.45, 2.75) is 58.6 Å². The van der Waals surface area contributed by atoms with E-state index in [0.29, 0.717) is 12.1 Å². The fourth-order valence-corrected chi connectivity index (χ4v) is 2.96. The summed E-state index contributed by atoms with van der Waals surface area (Å²) >= 11 is 0. The van der Waals surface area contributed by atoms with Crippen molar-refractivity contribution in [3.63, 3.8) is 0 Å². The van der Waals surface area contributed by atoms with Crippen molar-refractivity contribution in [2.75, 3.05) is 13.2 Å².